The summed E-state index contributed by atoms with van der Waals surface area (Å²) in [5.74, 6) is -1.92. The van der Waals surface area contributed by atoms with Gasteiger partial charge in [0.25, 0.3) is 0 Å². The standard InChI is InChI=1S/C11H12FNO3/c1-8(11(14)15)7-16-13-6-9-3-2-4-10(12)5-9/h2-6,8H,7H2,1H3,(H,14,15)/b13-6+/t8-/m1/s1. The van der Waals surface area contributed by atoms with Crippen molar-refractivity contribution in [3.8, 4) is 0 Å². The molecule has 86 valence electrons. The summed E-state index contributed by atoms with van der Waals surface area (Å²) in [6.45, 7) is 1.50. The lowest BCUT2D eigenvalue weighted by molar-refractivity contribution is -0.143. The molecule has 0 spiro atoms. The number of nitrogens with zero attached hydrogens (tertiary/aromatic N) is 1. The Balaban J connectivity index is 2.41. The van der Waals surface area contributed by atoms with Crippen LogP contribution < -0.4 is 0 Å². The number of carboxylic acid groups (broad SMARTS) is 1. The summed E-state index contributed by atoms with van der Waals surface area (Å²) in [5.41, 5.74) is 0.558. The molecule has 0 heterocycles. The third-order valence-electron chi connectivity index (χ3n) is 1.87. The quantitative estimate of drug-likeness (QED) is 0.615. The number of halogens is 1. The van der Waals surface area contributed by atoms with E-state index in [1.165, 1.54) is 25.3 Å². The Kier molecular flexibility index (Phi) is 4.44. The summed E-state index contributed by atoms with van der Waals surface area (Å²) in [5, 5.41) is 12.1. The minimum atomic E-state index is -0.944. The summed E-state index contributed by atoms with van der Waals surface area (Å²) in [4.78, 5) is 15.2. The zero-order valence-electron chi connectivity index (χ0n) is 8.76. The number of benzene rings is 1. The highest BCUT2D eigenvalue weighted by Crippen LogP contribution is 2.01. The van der Waals surface area contributed by atoms with Crippen LogP contribution in [-0.2, 0) is 9.63 Å². The van der Waals surface area contributed by atoms with E-state index in [2.05, 4.69) is 5.16 Å². The fourth-order valence-electron chi connectivity index (χ4n) is 0.911. The SMILES string of the molecule is C[C@H](CO/N=C/c1cccc(F)c1)C(=O)O. The third kappa shape index (κ3) is 4.08. The smallest absolute Gasteiger partial charge is 0.309 e. The zero-order chi connectivity index (χ0) is 12.0. The van der Waals surface area contributed by atoms with Gasteiger partial charge in [0.05, 0.1) is 12.1 Å². The van der Waals surface area contributed by atoms with E-state index >= 15 is 0 Å². The average Bonchev–Trinajstić information content (AvgIpc) is 2.24. The van der Waals surface area contributed by atoms with Gasteiger partial charge < -0.3 is 9.94 Å². The van der Waals surface area contributed by atoms with Crippen LogP contribution in [-0.4, -0.2) is 23.9 Å². The Morgan fingerprint density at radius 1 is 1.69 bits per heavy atom. The van der Waals surface area contributed by atoms with Crippen molar-refractivity contribution < 1.29 is 19.1 Å². The van der Waals surface area contributed by atoms with Gasteiger partial charge in [0.1, 0.15) is 12.4 Å². The van der Waals surface area contributed by atoms with Crippen LogP contribution in [0.15, 0.2) is 29.4 Å². The van der Waals surface area contributed by atoms with Crippen LogP contribution in [0.5, 0.6) is 0 Å². The maximum Gasteiger partial charge on any atom is 0.309 e. The number of oxime groups is 1. The van der Waals surface area contributed by atoms with Gasteiger partial charge >= 0.3 is 5.97 Å². The van der Waals surface area contributed by atoms with Gasteiger partial charge in [-0.15, -0.1) is 0 Å². The van der Waals surface area contributed by atoms with E-state index in [1.54, 1.807) is 12.1 Å². The molecule has 0 saturated heterocycles. The monoisotopic (exact) mass is 225 g/mol. The van der Waals surface area contributed by atoms with Gasteiger partial charge in [-0.3, -0.25) is 4.79 Å². The van der Waals surface area contributed by atoms with Crippen LogP contribution in [0.1, 0.15) is 12.5 Å². The molecule has 0 amide bonds. The molecule has 0 saturated carbocycles. The maximum absolute atomic E-state index is 12.7. The Bertz CT molecular complexity index is 393. The van der Waals surface area contributed by atoms with E-state index in [0.717, 1.165) is 0 Å². The van der Waals surface area contributed by atoms with Crippen molar-refractivity contribution in [1.82, 2.24) is 0 Å². The molecule has 16 heavy (non-hydrogen) atoms. The molecule has 0 unspecified atom stereocenters. The maximum atomic E-state index is 12.7. The molecule has 1 aromatic carbocycles. The number of carbonyl (C=O) groups is 1. The number of hydrogen-bond donors (Lipinski definition) is 1. The van der Waals surface area contributed by atoms with Crippen molar-refractivity contribution in [1.29, 1.82) is 0 Å². The molecular formula is C11H12FNO3. The number of rotatable bonds is 5. The second-order valence-electron chi connectivity index (χ2n) is 3.32. The summed E-state index contributed by atoms with van der Waals surface area (Å²) in [7, 11) is 0. The molecule has 0 aromatic heterocycles. The highest BCUT2D eigenvalue weighted by Gasteiger charge is 2.10. The average molecular weight is 225 g/mol. The largest absolute Gasteiger partial charge is 0.481 e. The van der Waals surface area contributed by atoms with E-state index < -0.39 is 11.9 Å². The molecule has 1 N–H and O–H groups in total. The van der Waals surface area contributed by atoms with E-state index in [9.17, 15) is 9.18 Å². The first kappa shape index (κ1) is 12.2. The summed E-state index contributed by atoms with van der Waals surface area (Å²) < 4.78 is 12.7. The van der Waals surface area contributed by atoms with Crippen LogP contribution >= 0.6 is 0 Å². The van der Waals surface area contributed by atoms with Gasteiger partial charge in [0.2, 0.25) is 0 Å². The Morgan fingerprint density at radius 3 is 3.06 bits per heavy atom. The Hall–Kier alpha value is -1.91. The van der Waals surface area contributed by atoms with Gasteiger partial charge in [-0.1, -0.05) is 17.3 Å². The van der Waals surface area contributed by atoms with E-state index in [4.69, 9.17) is 9.94 Å². The van der Waals surface area contributed by atoms with Crippen molar-refractivity contribution in [3.63, 3.8) is 0 Å². The van der Waals surface area contributed by atoms with Gasteiger partial charge in [-0.2, -0.15) is 0 Å². The molecule has 5 heteroatoms. The summed E-state index contributed by atoms with van der Waals surface area (Å²) >= 11 is 0. The number of aliphatic carboxylic acids is 1. The molecule has 1 atom stereocenters. The summed E-state index contributed by atoms with van der Waals surface area (Å²) in [6, 6.07) is 5.84. The topological polar surface area (TPSA) is 58.9 Å². The molecular weight excluding hydrogens is 213 g/mol. The predicted octanol–water partition coefficient (Wildman–Crippen LogP) is 1.90. The second-order valence-corrected chi connectivity index (χ2v) is 3.32. The predicted molar refractivity (Wildman–Crippen MR) is 56.7 cm³/mol. The molecule has 1 rings (SSSR count). The highest BCUT2D eigenvalue weighted by atomic mass is 19.1. The lowest BCUT2D eigenvalue weighted by Crippen LogP contribution is -2.14. The van der Waals surface area contributed by atoms with Crippen LogP contribution in [0.4, 0.5) is 4.39 Å². The van der Waals surface area contributed by atoms with Gasteiger partial charge in [-0.25, -0.2) is 4.39 Å². The van der Waals surface area contributed by atoms with Crippen LogP contribution in [0.25, 0.3) is 0 Å². The first-order valence-electron chi connectivity index (χ1n) is 4.73. The molecule has 4 nitrogen and oxygen atoms in total. The second kappa shape index (κ2) is 5.85. The van der Waals surface area contributed by atoms with E-state index in [0.29, 0.717) is 5.56 Å². The third-order valence-corrected chi connectivity index (χ3v) is 1.87. The minimum absolute atomic E-state index is 0.0127. The van der Waals surface area contributed by atoms with Crippen LogP contribution in [0, 0.1) is 11.7 Å². The van der Waals surface area contributed by atoms with Gasteiger partial charge in [-0.05, 0) is 24.6 Å². The highest BCUT2D eigenvalue weighted by molar-refractivity contribution is 5.78. The first-order valence-corrected chi connectivity index (χ1v) is 4.73. The fraction of sp³-hybridized carbons (Fsp3) is 0.273. The molecule has 0 radical (unpaired) electrons. The van der Waals surface area contributed by atoms with Crippen molar-refractivity contribution in [3.05, 3.63) is 35.6 Å². The Morgan fingerprint density at radius 2 is 2.44 bits per heavy atom. The molecule has 0 aliphatic heterocycles. The van der Waals surface area contributed by atoms with E-state index in [1.807, 2.05) is 0 Å². The summed E-state index contributed by atoms with van der Waals surface area (Å²) in [6.07, 6.45) is 1.33. The van der Waals surface area contributed by atoms with Crippen molar-refractivity contribution >= 4 is 12.2 Å². The first-order chi connectivity index (χ1) is 7.59. The number of hydrogen-bond acceptors (Lipinski definition) is 3. The molecule has 0 fully saturated rings. The lowest BCUT2D eigenvalue weighted by Gasteiger charge is -2.02. The fourth-order valence-corrected chi connectivity index (χ4v) is 0.911. The van der Waals surface area contributed by atoms with Crippen molar-refractivity contribution in [2.45, 2.75) is 6.92 Å². The Labute approximate surface area is 92.3 Å². The van der Waals surface area contributed by atoms with Crippen molar-refractivity contribution in [2.75, 3.05) is 6.61 Å². The molecule has 0 aliphatic rings. The lowest BCUT2D eigenvalue weighted by atomic mass is 10.2. The van der Waals surface area contributed by atoms with Crippen LogP contribution in [0.2, 0.25) is 0 Å². The normalized spacial score (nSPS) is 12.6. The minimum Gasteiger partial charge on any atom is -0.481 e. The molecule has 0 aliphatic carbocycles. The number of carboxylic acids is 1. The zero-order valence-corrected chi connectivity index (χ0v) is 8.76. The van der Waals surface area contributed by atoms with Crippen molar-refractivity contribution in [2.24, 2.45) is 11.1 Å². The molecule has 1 aromatic rings. The van der Waals surface area contributed by atoms with Gasteiger partial charge in [0, 0.05) is 0 Å². The molecule has 0 bridgehead atoms. The van der Waals surface area contributed by atoms with E-state index in [-0.39, 0.29) is 12.4 Å². The van der Waals surface area contributed by atoms with Crippen LogP contribution in [0.3, 0.4) is 0 Å². The van der Waals surface area contributed by atoms with Gasteiger partial charge in [0.15, 0.2) is 0 Å².